The predicted octanol–water partition coefficient (Wildman–Crippen LogP) is 5.21. The molecule has 3 N–H and O–H groups in total. The molecule has 9 nitrogen and oxygen atoms in total. The van der Waals surface area contributed by atoms with Crippen molar-refractivity contribution in [2.45, 2.75) is 118 Å². The van der Waals surface area contributed by atoms with Gasteiger partial charge in [-0.1, -0.05) is 62.3 Å². The number of likely N-dealkylation sites (N-methyl/N-ethyl adjacent to an activating group) is 1. The summed E-state index contributed by atoms with van der Waals surface area (Å²) in [5.74, 6) is 0. The number of nitrogens with one attached hydrogen (secondary N) is 3. The van der Waals surface area contributed by atoms with Gasteiger partial charge in [-0.15, -0.1) is 0 Å². The molecule has 0 aromatic carbocycles. The zero-order chi connectivity index (χ0) is 28.6. The van der Waals surface area contributed by atoms with Crippen LogP contribution in [-0.4, -0.2) is 55.7 Å². The average Bonchev–Trinajstić information content (AvgIpc) is 3.59. The number of hydrogen-bond donors (Lipinski definition) is 3. The zero-order valence-electron chi connectivity index (χ0n) is 25.8. The van der Waals surface area contributed by atoms with Crippen molar-refractivity contribution < 1.29 is 9.47 Å². The number of fused-ring (bicyclic) bond motifs is 3. The van der Waals surface area contributed by atoms with Crippen molar-refractivity contribution in [3.63, 3.8) is 0 Å². The van der Waals surface area contributed by atoms with Crippen LogP contribution in [0.2, 0.25) is 0 Å². The summed E-state index contributed by atoms with van der Waals surface area (Å²) in [6.45, 7) is 24.8. The summed E-state index contributed by atoms with van der Waals surface area (Å²) in [4.78, 5) is 2.35. The molecule has 0 fully saturated rings. The Balaban J connectivity index is 0.000000136. The first-order valence-corrected chi connectivity index (χ1v) is 14.2. The van der Waals surface area contributed by atoms with Crippen molar-refractivity contribution in [1.29, 1.82) is 0 Å². The maximum atomic E-state index is 5.43. The Bertz CT molecular complexity index is 1250. The number of nitrogens with zero attached hydrogens (tertiary/aromatic N) is 4. The summed E-state index contributed by atoms with van der Waals surface area (Å²) in [6, 6.07) is 0. The largest absolute Gasteiger partial charge is 0.376 e. The molecule has 6 heterocycles. The van der Waals surface area contributed by atoms with Crippen molar-refractivity contribution in [3.8, 4) is 0 Å². The molecular formula is C30H49N7O2. The van der Waals surface area contributed by atoms with Crippen LogP contribution in [0.1, 0.15) is 113 Å². The fourth-order valence-electron chi connectivity index (χ4n) is 5.33. The van der Waals surface area contributed by atoms with Crippen LogP contribution < -0.4 is 0 Å². The van der Waals surface area contributed by atoms with Crippen molar-refractivity contribution in [1.82, 2.24) is 35.5 Å². The molecule has 0 amide bonds. The number of hydrogen-bond acceptors (Lipinski definition) is 6. The second-order valence-electron chi connectivity index (χ2n) is 14.1. The summed E-state index contributed by atoms with van der Waals surface area (Å²) in [5.41, 5.74) is 11.7. The van der Waals surface area contributed by atoms with Gasteiger partial charge in [-0.25, -0.2) is 0 Å². The highest BCUT2D eigenvalue weighted by Crippen LogP contribution is 2.31. The third-order valence-electron chi connectivity index (χ3n) is 7.40. The molecule has 0 bridgehead atoms. The SMILES string of the molecule is CC(C)(C)c1n[nH]c2c1COC2.CC(C)(C)c1n[nH]c2c1COCC2.CN1CCc2[nH]nc(C(C)(C)C)c2C1. The van der Waals surface area contributed by atoms with Crippen molar-refractivity contribution >= 4 is 0 Å². The van der Waals surface area contributed by atoms with Crippen LogP contribution in [0.4, 0.5) is 0 Å². The van der Waals surface area contributed by atoms with Crippen LogP contribution in [0.25, 0.3) is 0 Å². The lowest BCUT2D eigenvalue weighted by atomic mass is 9.87. The molecule has 0 spiro atoms. The van der Waals surface area contributed by atoms with Crippen LogP contribution in [0.3, 0.4) is 0 Å². The van der Waals surface area contributed by atoms with Gasteiger partial charge in [0.25, 0.3) is 0 Å². The Hall–Kier alpha value is -2.49. The third-order valence-corrected chi connectivity index (χ3v) is 7.40. The van der Waals surface area contributed by atoms with E-state index in [9.17, 15) is 0 Å². The fraction of sp³-hybridized carbons (Fsp3) is 0.700. The van der Waals surface area contributed by atoms with E-state index in [4.69, 9.17) is 9.47 Å². The minimum absolute atomic E-state index is 0.116. The number of ether oxygens (including phenoxy) is 2. The van der Waals surface area contributed by atoms with E-state index in [-0.39, 0.29) is 16.2 Å². The molecule has 3 aliphatic rings. The normalized spacial score (nSPS) is 17.4. The molecule has 0 saturated heterocycles. The third kappa shape index (κ3) is 6.81. The maximum Gasteiger partial charge on any atom is 0.0890 e. The molecule has 6 rings (SSSR count). The van der Waals surface area contributed by atoms with E-state index >= 15 is 0 Å². The predicted molar refractivity (Wildman–Crippen MR) is 154 cm³/mol. The van der Waals surface area contributed by atoms with Gasteiger partial charge in [0.2, 0.25) is 0 Å². The topological polar surface area (TPSA) is 108 Å². The summed E-state index contributed by atoms with van der Waals surface area (Å²) >= 11 is 0. The second-order valence-corrected chi connectivity index (χ2v) is 14.1. The molecule has 0 radical (unpaired) electrons. The highest BCUT2D eigenvalue weighted by Gasteiger charge is 2.28. The summed E-state index contributed by atoms with van der Waals surface area (Å²) in [7, 11) is 2.17. The van der Waals surface area contributed by atoms with Crippen LogP contribution in [0, 0.1) is 0 Å². The van der Waals surface area contributed by atoms with Gasteiger partial charge < -0.3 is 14.4 Å². The van der Waals surface area contributed by atoms with E-state index in [2.05, 4.69) is 105 Å². The first-order valence-electron chi connectivity index (χ1n) is 14.2. The monoisotopic (exact) mass is 539 g/mol. The van der Waals surface area contributed by atoms with Crippen LogP contribution in [-0.2, 0) is 64.9 Å². The van der Waals surface area contributed by atoms with Gasteiger partial charge in [0.15, 0.2) is 0 Å². The van der Waals surface area contributed by atoms with E-state index < -0.39 is 0 Å². The number of aromatic amines is 3. The first-order chi connectivity index (χ1) is 18.2. The molecule has 0 atom stereocenters. The quantitative estimate of drug-likeness (QED) is 0.362. The van der Waals surface area contributed by atoms with Crippen molar-refractivity contribution in [2.75, 3.05) is 20.2 Å². The van der Waals surface area contributed by atoms with E-state index in [1.807, 2.05) is 0 Å². The van der Waals surface area contributed by atoms with Crippen LogP contribution >= 0.6 is 0 Å². The van der Waals surface area contributed by atoms with Gasteiger partial charge >= 0.3 is 0 Å². The van der Waals surface area contributed by atoms with Gasteiger partial charge in [-0.05, 0) is 7.05 Å². The molecule has 0 saturated carbocycles. The Labute approximate surface area is 233 Å². The molecule has 0 aliphatic carbocycles. The van der Waals surface area contributed by atoms with Crippen LogP contribution in [0.15, 0.2) is 0 Å². The molecule has 216 valence electrons. The van der Waals surface area contributed by atoms with Gasteiger partial charge in [-0.3, -0.25) is 15.3 Å². The number of aromatic nitrogens is 6. The molecule has 39 heavy (non-hydrogen) atoms. The summed E-state index contributed by atoms with van der Waals surface area (Å²) in [5, 5.41) is 22.4. The average molecular weight is 540 g/mol. The van der Waals surface area contributed by atoms with E-state index in [0.29, 0.717) is 6.61 Å². The Morgan fingerprint density at radius 1 is 0.590 bits per heavy atom. The van der Waals surface area contributed by atoms with E-state index in [0.717, 1.165) is 62.8 Å². The highest BCUT2D eigenvalue weighted by atomic mass is 16.5. The highest BCUT2D eigenvalue weighted by molar-refractivity contribution is 5.33. The zero-order valence-corrected chi connectivity index (χ0v) is 25.8. The smallest absolute Gasteiger partial charge is 0.0890 e. The molecule has 3 aromatic rings. The molecule has 3 aliphatic heterocycles. The van der Waals surface area contributed by atoms with Gasteiger partial charge in [-0.2, -0.15) is 15.3 Å². The first kappa shape index (κ1) is 29.5. The molecule has 0 unspecified atom stereocenters. The maximum absolute atomic E-state index is 5.43. The lowest BCUT2D eigenvalue weighted by Gasteiger charge is -2.25. The summed E-state index contributed by atoms with van der Waals surface area (Å²) in [6.07, 6.45) is 2.08. The van der Waals surface area contributed by atoms with Gasteiger partial charge in [0.05, 0.1) is 49.2 Å². The lowest BCUT2D eigenvalue weighted by molar-refractivity contribution is 0.109. The minimum Gasteiger partial charge on any atom is -0.376 e. The fourth-order valence-corrected chi connectivity index (χ4v) is 5.33. The van der Waals surface area contributed by atoms with Crippen molar-refractivity contribution in [3.05, 3.63) is 50.9 Å². The van der Waals surface area contributed by atoms with E-state index in [1.54, 1.807) is 0 Å². The second kappa shape index (κ2) is 11.2. The summed E-state index contributed by atoms with van der Waals surface area (Å²) < 4.78 is 10.7. The van der Waals surface area contributed by atoms with Gasteiger partial charge in [0, 0.05) is 70.3 Å². The number of H-pyrrole nitrogens is 3. The molecule has 9 heteroatoms. The Morgan fingerprint density at radius 3 is 1.62 bits per heavy atom. The lowest BCUT2D eigenvalue weighted by Crippen LogP contribution is -2.28. The molecular weight excluding hydrogens is 490 g/mol. The Morgan fingerprint density at radius 2 is 1.05 bits per heavy atom. The van der Waals surface area contributed by atoms with E-state index in [1.165, 1.54) is 33.8 Å². The Kier molecular flexibility index (Phi) is 8.45. The minimum atomic E-state index is 0.116. The van der Waals surface area contributed by atoms with Crippen LogP contribution in [0.5, 0.6) is 0 Å². The standard InChI is InChI=1S/C11H19N3.C10H16N2O.C9H14N2O/c1-11(2,3)10-8-7-14(4)6-5-9(8)12-13-10;1-10(2,3)9-7-6-13-5-4-8(7)11-12-9;1-9(2,3)8-6-4-12-5-7(6)10-11-8/h5-7H2,1-4H3,(H,12,13);4-6H2,1-3H3,(H,11,12);4-5H2,1-3H3,(H,10,11). The van der Waals surface area contributed by atoms with Gasteiger partial charge in [0.1, 0.15) is 0 Å². The number of rotatable bonds is 0. The molecule has 3 aromatic heterocycles. The van der Waals surface area contributed by atoms with Crippen molar-refractivity contribution in [2.24, 2.45) is 0 Å².